The third kappa shape index (κ3) is 86.9. The fourth-order valence-electron chi connectivity index (χ4n) is 0. The Morgan fingerprint density at radius 3 is 1.25 bits per heavy atom. The minimum Gasteiger partial charge on any atom is -0.813 e. The maximum Gasteiger partial charge on any atom is 1.00 e. The van der Waals surface area contributed by atoms with Gasteiger partial charge in [-0.3, -0.25) is 4.55 Å². The molecule has 4 nitrogen and oxygen atoms in total. The molecule has 0 rings (SSSR count). The number of hydrogen-bond acceptors (Lipinski definition) is 4. The van der Waals surface area contributed by atoms with Crippen LogP contribution in [0.15, 0.2) is 0 Å². The van der Waals surface area contributed by atoms with Gasteiger partial charge in [0.05, 0.1) is 0 Å². The van der Waals surface area contributed by atoms with Crippen molar-refractivity contribution in [2.75, 3.05) is 0 Å². The van der Waals surface area contributed by atoms with E-state index in [1.54, 1.807) is 0 Å². The average molecular weight is 176 g/mol. The second-order valence-electron chi connectivity index (χ2n) is 0.428. The van der Waals surface area contributed by atoms with E-state index in [9.17, 15) is 0 Å². The summed E-state index contributed by atoms with van der Waals surface area (Å²) in [4.78, 5) is 0. The molecule has 8 heteroatoms. The fraction of sp³-hybridized carbons (Fsp3) is 0. The molecular weight excluding hydrogens is 174 g/mol. The van der Waals surface area contributed by atoms with Crippen molar-refractivity contribution in [1.82, 2.24) is 0 Å². The van der Waals surface area contributed by atoms with Gasteiger partial charge in [-0.25, -0.2) is 8.42 Å². The Bertz CT molecular complexity index is 95.2. The van der Waals surface area contributed by atoms with Crippen LogP contribution in [0.1, 0.15) is 0 Å². The monoisotopic (exact) mass is 176 g/mol. The Kier molecular flexibility index (Phi) is 25.9. The summed E-state index contributed by atoms with van der Waals surface area (Å²) in [6.45, 7) is 0. The van der Waals surface area contributed by atoms with Crippen LogP contribution in [-0.4, -0.2) is 17.5 Å². The van der Waals surface area contributed by atoms with E-state index in [1.807, 2.05) is 0 Å². The van der Waals surface area contributed by atoms with Crippen molar-refractivity contribution in [2.45, 2.75) is 0 Å². The van der Waals surface area contributed by atoms with Crippen molar-refractivity contribution in [3.8, 4) is 0 Å². The maximum absolute atomic E-state index is 8.63. The zero-order valence-electron chi connectivity index (χ0n) is 4.53. The van der Waals surface area contributed by atoms with E-state index in [1.165, 1.54) is 0 Å². The van der Waals surface area contributed by atoms with Crippen LogP contribution < -0.4 is 59.1 Å². The van der Waals surface area contributed by atoms with Crippen LogP contribution in [0.5, 0.6) is 0 Å². The molecule has 0 fully saturated rings. The van der Waals surface area contributed by atoms with E-state index in [0.29, 0.717) is 0 Å². The van der Waals surface area contributed by atoms with Gasteiger partial charge >= 0.3 is 59.1 Å². The Labute approximate surface area is 99.0 Å². The molecule has 0 aromatic carbocycles. The third-order valence-electron chi connectivity index (χ3n) is 0. The summed E-state index contributed by atoms with van der Waals surface area (Å²) in [5.41, 5.74) is 0. The summed E-state index contributed by atoms with van der Waals surface area (Å²) in [6.07, 6.45) is 0. The quantitative estimate of drug-likeness (QED) is 0.130. The molecule has 40 valence electrons. The minimum absolute atomic E-state index is 0. The standard InChI is InChI=1S/2Na.H2O4S.H2S/c;;1-5(2,3)4;/h;;(H2,1,2,3,4);1H2/q2*+1;;/p-2. The summed E-state index contributed by atoms with van der Waals surface area (Å²) < 4.78 is 32.8. The van der Waals surface area contributed by atoms with Crippen LogP contribution in [0.3, 0.4) is 0 Å². The predicted octanol–water partition coefficient (Wildman–Crippen LogP) is -7.26. The largest absolute Gasteiger partial charge is 1.00 e. The van der Waals surface area contributed by atoms with Gasteiger partial charge in [-0.2, -0.15) is 0 Å². The van der Waals surface area contributed by atoms with Crippen molar-refractivity contribution in [3.05, 3.63) is 0 Å². The van der Waals surface area contributed by atoms with Gasteiger partial charge in [0.2, 0.25) is 10.4 Å². The topological polar surface area (TPSA) is 77.4 Å². The zero-order chi connectivity index (χ0) is 4.50. The van der Waals surface area contributed by atoms with E-state index in [-0.39, 0.29) is 72.6 Å². The van der Waals surface area contributed by atoms with Crippen molar-refractivity contribution in [1.29, 1.82) is 0 Å². The molecule has 0 unspecified atom stereocenters. The molecular formula is H2Na2O4S2. The van der Waals surface area contributed by atoms with Crippen LogP contribution in [0.4, 0.5) is 0 Å². The molecule has 0 aliphatic rings. The van der Waals surface area contributed by atoms with E-state index in [2.05, 4.69) is 0 Å². The molecule has 8 heavy (non-hydrogen) atoms. The first-order chi connectivity index (χ1) is 2.00. The first-order valence-corrected chi connectivity index (χ1v) is 2.05. The summed E-state index contributed by atoms with van der Waals surface area (Å²) in [7, 11) is -4.92. The third-order valence-corrected chi connectivity index (χ3v) is 0. The van der Waals surface area contributed by atoms with Gasteiger partial charge in [0.1, 0.15) is 0 Å². The van der Waals surface area contributed by atoms with Crippen LogP contribution in [-0.2, 0) is 23.9 Å². The number of thiol groups is 1. The van der Waals surface area contributed by atoms with Gasteiger partial charge in [0.25, 0.3) is 0 Å². The normalized spacial score (nSPS) is 7.25. The summed E-state index contributed by atoms with van der Waals surface area (Å²) in [5.74, 6) is 0. The average Bonchev–Trinajstić information content (AvgIpc) is 0.722. The molecule has 0 heterocycles. The van der Waals surface area contributed by atoms with Crippen LogP contribution in [0.25, 0.3) is 0 Å². The molecule has 0 aliphatic carbocycles. The zero-order valence-corrected chi connectivity index (χ0v) is 10.2. The molecule has 0 spiro atoms. The second kappa shape index (κ2) is 9.22. The van der Waals surface area contributed by atoms with Gasteiger partial charge in [0, 0.05) is 0 Å². The predicted molar refractivity (Wildman–Crippen MR) is 21.1 cm³/mol. The van der Waals surface area contributed by atoms with Crippen molar-refractivity contribution in [2.24, 2.45) is 0 Å². The summed E-state index contributed by atoms with van der Waals surface area (Å²) in [5, 5.41) is 0. The van der Waals surface area contributed by atoms with Crippen molar-refractivity contribution in [3.63, 3.8) is 0 Å². The fourth-order valence-corrected chi connectivity index (χ4v) is 0. The van der Waals surface area contributed by atoms with E-state index in [0.717, 1.165) is 0 Å². The molecule has 0 atom stereocenters. The van der Waals surface area contributed by atoms with E-state index in [4.69, 9.17) is 17.5 Å². The first-order valence-electron chi connectivity index (χ1n) is 0.683. The van der Waals surface area contributed by atoms with Crippen molar-refractivity contribution < 1.29 is 76.6 Å². The molecule has 0 aromatic heterocycles. The van der Waals surface area contributed by atoms with Crippen molar-refractivity contribution >= 4 is 23.9 Å². The number of rotatable bonds is 0. The molecule has 0 saturated heterocycles. The van der Waals surface area contributed by atoms with E-state index >= 15 is 0 Å². The Hall–Kier alpha value is 2.22. The van der Waals surface area contributed by atoms with Gasteiger partial charge in [-0.1, -0.05) is 0 Å². The van der Waals surface area contributed by atoms with Gasteiger partial charge in [-0.15, -0.1) is 0 Å². The molecule has 1 N–H and O–H groups in total. The molecule has 0 saturated carbocycles. The molecule has 0 amide bonds. The van der Waals surface area contributed by atoms with Crippen LogP contribution in [0, 0.1) is 0 Å². The Balaban J connectivity index is -0.0000000267. The SMILES string of the molecule is O=S(=O)([O-])O.[Na+].[Na+].[SH-]. The van der Waals surface area contributed by atoms with Gasteiger partial charge in [0.15, 0.2) is 0 Å². The number of hydrogen-bond donors (Lipinski definition) is 1. The van der Waals surface area contributed by atoms with Crippen LogP contribution in [0.2, 0.25) is 0 Å². The van der Waals surface area contributed by atoms with Gasteiger partial charge in [-0.05, 0) is 0 Å². The Morgan fingerprint density at radius 2 is 1.25 bits per heavy atom. The second-order valence-corrected chi connectivity index (χ2v) is 1.28. The Morgan fingerprint density at radius 1 is 1.25 bits per heavy atom. The molecule has 0 aliphatic heterocycles. The minimum atomic E-state index is -4.92. The molecule has 0 aromatic rings. The first kappa shape index (κ1) is 22.5. The summed E-state index contributed by atoms with van der Waals surface area (Å²) >= 11 is 0. The molecule has 0 radical (unpaired) electrons. The van der Waals surface area contributed by atoms with Crippen LogP contribution >= 0.6 is 0 Å². The maximum atomic E-state index is 8.63. The summed E-state index contributed by atoms with van der Waals surface area (Å²) in [6, 6.07) is 0. The smallest absolute Gasteiger partial charge is 0.813 e. The van der Waals surface area contributed by atoms with E-state index < -0.39 is 10.4 Å². The van der Waals surface area contributed by atoms with Gasteiger partial charge < -0.3 is 18.0 Å². The molecule has 0 bridgehead atoms.